The molecule has 14 heavy (non-hydrogen) atoms. The zero-order chi connectivity index (χ0) is 10.2. The third-order valence-electron chi connectivity index (χ3n) is 2.95. The van der Waals surface area contributed by atoms with Crippen LogP contribution in [-0.4, -0.2) is 15.4 Å². The van der Waals surface area contributed by atoms with Crippen LogP contribution in [-0.2, 0) is 6.54 Å². The average Bonchev–Trinajstić information content (AvgIpc) is 2.70. The molecule has 4 nitrogen and oxygen atoms in total. The molecule has 1 aromatic heterocycles. The zero-order valence-corrected chi connectivity index (χ0v) is 8.45. The topological polar surface area (TPSA) is 67.7 Å². The van der Waals surface area contributed by atoms with Gasteiger partial charge in [0, 0.05) is 25.4 Å². The van der Waals surface area contributed by atoms with Crippen LogP contribution in [0.4, 0.5) is 0 Å². The summed E-state index contributed by atoms with van der Waals surface area (Å²) in [6, 6.07) is 0. The highest BCUT2D eigenvalue weighted by atomic mass is 15.1. The molecule has 0 atom stereocenters. The monoisotopic (exact) mass is 192 g/mol. The van der Waals surface area contributed by atoms with Crippen molar-refractivity contribution >= 4 is 5.84 Å². The van der Waals surface area contributed by atoms with Crippen LogP contribution in [0.2, 0.25) is 0 Å². The first-order chi connectivity index (χ1) is 6.61. The molecule has 2 rings (SSSR count). The first-order valence-electron chi connectivity index (χ1n) is 4.92. The summed E-state index contributed by atoms with van der Waals surface area (Å²) in [5.41, 5.74) is 5.71. The lowest BCUT2D eigenvalue weighted by Gasteiger charge is -2.15. The zero-order valence-electron chi connectivity index (χ0n) is 8.45. The molecule has 1 aromatic rings. The summed E-state index contributed by atoms with van der Waals surface area (Å²) in [6.45, 7) is 2.96. The fraction of sp³-hybridized carbons (Fsp3) is 0.600. The molecule has 0 saturated heterocycles. The third kappa shape index (κ3) is 1.78. The Balaban J connectivity index is 2.04. The number of nitrogens with zero attached hydrogens (tertiary/aromatic N) is 2. The first kappa shape index (κ1) is 9.24. The number of hydrogen-bond acceptors (Lipinski definition) is 2. The molecular weight excluding hydrogens is 176 g/mol. The van der Waals surface area contributed by atoms with Gasteiger partial charge in [0.25, 0.3) is 0 Å². The minimum Gasteiger partial charge on any atom is -0.388 e. The van der Waals surface area contributed by atoms with E-state index in [4.69, 9.17) is 11.1 Å². The molecule has 1 heterocycles. The molecule has 0 unspecified atom stereocenters. The Hall–Kier alpha value is -1.32. The van der Waals surface area contributed by atoms with Crippen molar-refractivity contribution in [1.82, 2.24) is 9.55 Å². The van der Waals surface area contributed by atoms with E-state index in [-0.39, 0.29) is 5.41 Å². The number of imidazole rings is 1. The lowest BCUT2D eigenvalue weighted by Crippen LogP contribution is -2.20. The Morgan fingerprint density at radius 2 is 2.43 bits per heavy atom. The van der Waals surface area contributed by atoms with Crippen LogP contribution in [0, 0.1) is 17.7 Å². The molecule has 1 saturated carbocycles. The fourth-order valence-electron chi connectivity index (χ4n) is 1.90. The summed E-state index contributed by atoms with van der Waals surface area (Å²) < 4.78 is 2.15. The van der Waals surface area contributed by atoms with Gasteiger partial charge in [-0.25, -0.2) is 4.98 Å². The number of hydrogen-bond donors (Lipinski definition) is 2. The summed E-state index contributed by atoms with van der Waals surface area (Å²) in [5.74, 6) is 1.35. The molecule has 0 spiro atoms. The van der Waals surface area contributed by atoms with Gasteiger partial charge in [-0.15, -0.1) is 0 Å². The minimum atomic E-state index is 0.261. The summed E-state index contributed by atoms with van der Waals surface area (Å²) in [4.78, 5) is 4.19. The lowest BCUT2D eigenvalue weighted by atomic mass is 10.0. The van der Waals surface area contributed by atoms with Gasteiger partial charge in [-0.1, -0.05) is 0 Å². The first-order valence-corrected chi connectivity index (χ1v) is 4.92. The largest absolute Gasteiger partial charge is 0.388 e. The van der Waals surface area contributed by atoms with Crippen LogP contribution in [0.25, 0.3) is 0 Å². The second kappa shape index (κ2) is 3.12. The van der Waals surface area contributed by atoms with E-state index < -0.39 is 0 Å². The van der Waals surface area contributed by atoms with Crippen LogP contribution in [0.1, 0.15) is 25.1 Å². The van der Waals surface area contributed by atoms with Gasteiger partial charge in [-0.2, -0.15) is 0 Å². The molecule has 1 aliphatic carbocycles. The van der Waals surface area contributed by atoms with Gasteiger partial charge in [0.2, 0.25) is 0 Å². The maximum Gasteiger partial charge on any atom is 0.105 e. The number of aryl methyl sites for hydroxylation is 1. The van der Waals surface area contributed by atoms with E-state index in [1.807, 2.05) is 19.3 Å². The molecule has 0 radical (unpaired) electrons. The molecular formula is C10H16N4. The van der Waals surface area contributed by atoms with Crippen molar-refractivity contribution in [3.05, 3.63) is 18.2 Å². The van der Waals surface area contributed by atoms with Gasteiger partial charge in [-0.3, -0.25) is 5.41 Å². The Labute approximate surface area is 83.6 Å². The standard InChI is InChI=1S/C10H16N4/c1-8-13-4-5-14(8)7-10(2-3-10)6-9(11)12/h4-5H,2-3,6-7H2,1H3,(H3,11,12). The van der Waals surface area contributed by atoms with Crippen molar-refractivity contribution in [2.24, 2.45) is 11.1 Å². The van der Waals surface area contributed by atoms with E-state index in [1.165, 1.54) is 12.8 Å². The van der Waals surface area contributed by atoms with E-state index in [1.54, 1.807) is 0 Å². The maximum absolute atomic E-state index is 7.33. The molecule has 0 aromatic carbocycles. The fourth-order valence-corrected chi connectivity index (χ4v) is 1.90. The second-order valence-corrected chi connectivity index (χ2v) is 4.30. The van der Waals surface area contributed by atoms with Crippen LogP contribution >= 0.6 is 0 Å². The molecule has 3 N–H and O–H groups in total. The van der Waals surface area contributed by atoms with Gasteiger partial charge in [0.05, 0.1) is 5.84 Å². The summed E-state index contributed by atoms with van der Waals surface area (Å²) >= 11 is 0. The highest BCUT2D eigenvalue weighted by molar-refractivity contribution is 5.78. The Morgan fingerprint density at radius 1 is 1.71 bits per heavy atom. The van der Waals surface area contributed by atoms with Crippen molar-refractivity contribution < 1.29 is 0 Å². The Bertz CT molecular complexity index is 349. The van der Waals surface area contributed by atoms with Gasteiger partial charge in [0.1, 0.15) is 5.82 Å². The molecule has 0 aliphatic heterocycles. The number of rotatable bonds is 4. The van der Waals surface area contributed by atoms with Gasteiger partial charge >= 0.3 is 0 Å². The van der Waals surface area contributed by atoms with Crippen molar-refractivity contribution in [3.8, 4) is 0 Å². The van der Waals surface area contributed by atoms with Gasteiger partial charge in [0.15, 0.2) is 0 Å². The van der Waals surface area contributed by atoms with Crippen molar-refractivity contribution in [1.29, 1.82) is 5.41 Å². The van der Waals surface area contributed by atoms with Gasteiger partial charge < -0.3 is 10.3 Å². The van der Waals surface area contributed by atoms with Gasteiger partial charge in [-0.05, 0) is 25.2 Å². The molecule has 76 valence electrons. The molecule has 0 bridgehead atoms. The highest BCUT2D eigenvalue weighted by Gasteiger charge is 2.43. The SMILES string of the molecule is Cc1nccn1CC1(CC(=N)N)CC1. The minimum absolute atomic E-state index is 0.261. The predicted octanol–water partition coefficient (Wildman–Crippen LogP) is 1.30. The number of aromatic nitrogens is 2. The smallest absolute Gasteiger partial charge is 0.105 e. The van der Waals surface area contributed by atoms with Crippen LogP contribution in [0.15, 0.2) is 12.4 Å². The van der Waals surface area contributed by atoms with E-state index in [2.05, 4.69) is 9.55 Å². The van der Waals surface area contributed by atoms with E-state index in [9.17, 15) is 0 Å². The van der Waals surface area contributed by atoms with Crippen molar-refractivity contribution in [2.45, 2.75) is 32.7 Å². The maximum atomic E-state index is 7.33. The predicted molar refractivity (Wildman–Crippen MR) is 55.2 cm³/mol. The number of amidine groups is 1. The summed E-state index contributed by atoms with van der Waals surface area (Å²) in [5, 5.41) is 7.33. The van der Waals surface area contributed by atoms with E-state index in [0.29, 0.717) is 5.84 Å². The van der Waals surface area contributed by atoms with Crippen LogP contribution in [0.3, 0.4) is 0 Å². The molecule has 1 fully saturated rings. The summed E-state index contributed by atoms with van der Waals surface area (Å²) in [7, 11) is 0. The molecule has 1 aliphatic rings. The quantitative estimate of drug-likeness (QED) is 0.557. The Kier molecular flexibility index (Phi) is 2.06. The number of nitrogens with one attached hydrogen (secondary N) is 1. The Morgan fingerprint density at radius 3 is 2.86 bits per heavy atom. The average molecular weight is 192 g/mol. The van der Waals surface area contributed by atoms with Crippen LogP contribution < -0.4 is 5.73 Å². The third-order valence-corrected chi connectivity index (χ3v) is 2.95. The summed E-state index contributed by atoms with van der Waals surface area (Å²) in [6.07, 6.45) is 6.91. The normalized spacial score (nSPS) is 18.1. The molecule has 0 amide bonds. The lowest BCUT2D eigenvalue weighted by molar-refractivity contribution is 0.430. The van der Waals surface area contributed by atoms with E-state index >= 15 is 0 Å². The van der Waals surface area contributed by atoms with Crippen molar-refractivity contribution in [3.63, 3.8) is 0 Å². The van der Waals surface area contributed by atoms with E-state index in [0.717, 1.165) is 18.8 Å². The number of nitrogens with two attached hydrogens (primary N) is 1. The van der Waals surface area contributed by atoms with Crippen molar-refractivity contribution in [2.75, 3.05) is 0 Å². The second-order valence-electron chi connectivity index (χ2n) is 4.30. The van der Waals surface area contributed by atoms with Crippen LogP contribution in [0.5, 0.6) is 0 Å². The highest BCUT2D eigenvalue weighted by Crippen LogP contribution is 2.50. The molecule has 4 heteroatoms.